The Morgan fingerprint density at radius 1 is 1.33 bits per heavy atom. The molecule has 1 heterocycles. The van der Waals surface area contributed by atoms with Crippen molar-refractivity contribution in [3.63, 3.8) is 0 Å². The summed E-state index contributed by atoms with van der Waals surface area (Å²) in [6.45, 7) is 0. The zero-order valence-corrected chi connectivity index (χ0v) is 12.5. The van der Waals surface area contributed by atoms with E-state index in [9.17, 15) is 4.79 Å². The average Bonchev–Trinajstić information content (AvgIpc) is 2.32. The summed E-state index contributed by atoms with van der Waals surface area (Å²) in [6.07, 6.45) is 3.17. The van der Waals surface area contributed by atoms with Crippen molar-refractivity contribution in [2.75, 3.05) is 0 Å². The van der Waals surface area contributed by atoms with Gasteiger partial charge in [0.25, 0.3) is 0 Å². The Morgan fingerprint density at radius 2 is 2.00 bits per heavy atom. The Balaban J connectivity index is 2.35. The first-order chi connectivity index (χ1) is 8.56. The molecule has 0 fully saturated rings. The summed E-state index contributed by atoms with van der Waals surface area (Å²) in [5.41, 5.74) is 0.0559. The quantitative estimate of drug-likeness (QED) is 0.771. The number of carboxylic acid groups (broad SMARTS) is 1. The molecule has 1 N–H and O–H groups in total. The molecule has 5 nitrogen and oxygen atoms in total. The average molecular weight is 421 g/mol. The van der Waals surface area contributed by atoms with Gasteiger partial charge in [-0.3, -0.25) is 0 Å². The fraction of sp³-hybridized carbons (Fsp3) is 0. The van der Waals surface area contributed by atoms with Gasteiger partial charge in [0.2, 0.25) is 0 Å². The summed E-state index contributed by atoms with van der Waals surface area (Å²) in [6, 6.07) is 4.75. The molecule has 7 heteroatoms. The topological polar surface area (TPSA) is 72.3 Å². The lowest BCUT2D eigenvalue weighted by atomic mass is 10.2. The highest BCUT2D eigenvalue weighted by Gasteiger charge is 2.13. The summed E-state index contributed by atoms with van der Waals surface area (Å²) < 4.78 is 6.95. The molecule has 0 amide bonds. The number of rotatable bonds is 3. The highest BCUT2D eigenvalue weighted by atomic mass is 127. The molecular formula is C11H6BrIN2O3. The van der Waals surface area contributed by atoms with Gasteiger partial charge in [-0.15, -0.1) is 0 Å². The van der Waals surface area contributed by atoms with Gasteiger partial charge in [-0.2, -0.15) is 0 Å². The maximum absolute atomic E-state index is 11.0. The minimum Gasteiger partial charge on any atom is -0.478 e. The van der Waals surface area contributed by atoms with Crippen molar-refractivity contribution in [3.05, 3.63) is 44.2 Å². The number of aromatic nitrogens is 2. The normalized spacial score (nSPS) is 10.1. The number of nitrogens with zero attached hydrogens (tertiary/aromatic N) is 2. The van der Waals surface area contributed by atoms with Crippen LogP contribution in [0.4, 0.5) is 0 Å². The highest BCUT2D eigenvalue weighted by molar-refractivity contribution is 14.1. The van der Waals surface area contributed by atoms with Crippen LogP contribution in [0.15, 0.2) is 35.1 Å². The summed E-state index contributed by atoms with van der Waals surface area (Å²) in [5, 5.41) is 9.04. The SMILES string of the molecule is O=C(O)c1ccc(Br)cc1Oc1ncc(I)cn1. The fourth-order valence-corrected chi connectivity index (χ4v) is 1.83. The standard InChI is InChI=1S/C11H6BrIN2O3/c12-6-1-2-8(10(16)17)9(3-6)18-11-14-4-7(13)5-15-11/h1-5H,(H,16,17). The number of aromatic carboxylic acids is 1. The first kappa shape index (κ1) is 13.2. The van der Waals surface area contributed by atoms with E-state index in [0.29, 0.717) is 4.47 Å². The van der Waals surface area contributed by atoms with Crippen LogP contribution in [0.5, 0.6) is 11.8 Å². The Bertz CT molecular complexity index is 589. The van der Waals surface area contributed by atoms with Crippen LogP contribution in [0.25, 0.3) is 0 Å². The van der Waals surface area contributed by atoms with Crippen molar-refractivity contribution >= 4 is 44.5 Å². The van der Waals surface area contributed by atoms with E-state index in [4.69, 9.17) is 9.84 Å². The van der Waals surface area contributed by atoms with Crippen LogP contribution >= 0.6 is 38.5 Å². The van der Waals surface area contributed by atoms with Crippen LogP contribution in [0.1, 0.15) is 10.4 Å². The maximum atomic E-state index is 11.0. The molecule has 0 aliphatic carbocycles. The molecule has 1 aromatic heterocycles. The fourth-order valence-electron chi connectivity index (χ4n) is 1.21. The van der Waals surface area contributed by atoms with Gasteiger partial charge in [0.05, 0.1) is 0 Å². The van der Waals surface area contributed by atoms with Crippen molar-refractivity contribution < 1.29 is 14.6 Å². The van der Waals surface area contributed by atoms with E-state index in [1.807, 2.05) is 0 Å². The molecule has 0 atom stereocenters. The van der Waals surface area contributed by atoms with Crippen molar-refractivity contribution in [2.45, 2.75) is 0 Å². The maximum Gasteiger partial charge on any atom is 0.339 e. The molecule has 0 unspecified atom stereocenters. The molecule has 0 saturated heterocycles. The molecule has 0 saturated carbocycles. The highest BCUT2D eigenvalue weighted by Crippen LogP contribution is 2.27. The van der Waals surface area contributed by atoms with Gasteiger partial charge in [0, 0.05) is 20.4 Å². The first-order valence-corrected chi connectivity index (χ1v) is 6.61. The number of carbonyl (C=O) groups is 1. The smallest absolute Gasteiger partial charge is 0.339 e. The molecule has 2 aromatic rings. The molecule has 0 spiro atoms. The van der Waals surface area contributed by atoms with E-state index in [1.54, 1.807) is 24.5 Å². The second-order valence-electron chi connectivity index (χ2n) is 3.23. The predicted octanol–water partition coefficient (Wildman–Crippen LogP) is 3.33. The second kappa shape index (κ2) is 5.61. The van der Waals surface area contributed by atoms with E-state index in [0.717, 1.165) is 3.57 Å². The van der Waals surface area contributed by atoms with Gasteiger partial charge in [0.15, 0.2) is 0 Å². The van der Waals surface area contributed by atoms with Crippen LogP contribution in [-0.4, -0.2) is 21.0 Å². The number of hydrogen-bond acceptors (Lipinski definition) is 4. The third-order valence-corrected chi connectivity index (χ3v) is 3.02. The second-order valence-corrected chi connectivity index (χ2v) is 5.39. The first-order valence-electron chi connectivity index (χ1n) is 4.74. The Morgan fingerprint density at radius 3 is 2.61 bits per heavy atom. The zero-order chi connectivity index (χ0) is 13.1. The lowest BCUT2D eigenvalue weighted by Crippen LogP contribution is -2.01. The molecule has 92 valence electrons. The monoisotopic (exact) mass is 420 g/mol. The molecule has 18 heavy (non-hydrogen) atoms. The Hall–Kier alpha value is -1.22. The van der Waals surface area contributed by atoms with Gasteiger partial charge >= 0.3 is 12.0 Å². The van der Waals surface area contributed by atoms with Gasteiger partial charge in [-0.05, 0) is 40.8 Å². The summed E-state index contributed by atoms with van der Waals surface area (Å²) in [5.74, 6) is -0.874. The van der Waals surface area contributed by atoms with Crippen LogP contribution in [-0.2, 0) is 0 Å². The molecule has 1 aromatic carbocycles. The summed E-state index contributed by atoms with van der Waals surface area (Å²) >= 11 is 5.32. The number of ether oxygens (including phenoxy) is 1. The Kier molecular flexibility index (Phi) is 4.12. The van der Waals surface area contributed by atoms with Crippen LogP contribution in [0, 0.1) is 3.57 Å². The van der Waals surface area contributed by atoms with E-state index >= 15 is 0 Å². The van der Waals surface area contributed by atoms with Gasteiger partial charge < -0.3 is 9.84 Å². The number of benzene rings is 1. The number of halogens is 2. The van der Waals surface area contributed by atoms with Gasteiger partial charge in [-0.1, -0.05) is 15.9 Å². The lowest BCUT2D eigenvalue weighted by Gasteiger charge is -2.07. The van der Waals surface area contributed by atoms with E-state index in [2.05, 4.69) is 48.5 Å². The minimum absolute atomic E-state index is 0.0559. The molecule has 0 bridgehead atoms. The summed E-state index contributed by atoms with van der Waals surface area (Å²) in [4.78, 5) is 18.9. The predicted molar refractivity (Wildman–Crippen MR) is 75.9 cm³/mol. The molecular weight excluding hydrogens is 415 g/mol. The van der Waals surface area contributed by atoms with Crippen molar-refractivity contribution in [1.82, 2.24) is 9.97 Å². The third-order valence-electron chi connectivity index (χ3n) is 1.97. The van der Waals surface area contributed by atoms with Crippen molar-refractivity contribution in [1.29, 1.82) is 0 Å². The molecule has 0 aliphatic heterocycles. The van der Waals surface area contributed by atoms with Crippen LogP contribution < -0.4 is 4.74 Å². The van der Waals surface area contributed by atoms with E-state index in [-0.39, 0.29) is 17.3 Å². The zero-order valence-electron chi connectivity index (χ0n) is 8.80. The molecule has 0 aliphatic rings. The lowest BCUT2D eigenvalue weighted by molar-refractivity contribution is 0.0694. The van der Waals surface area contributed by atoms with Crippen LogP contribution in [0.3, 0.4) is 0 Å². The largest absolute Gasteiger partial charge is 0.478 e. The third kappa shape index (κ3) is 3.16. The van der Waals surface area contributed by atoms with Gasteiger partial charge in [0.1, 0.15) is 11.3 Å². The van der Waals surface area contributed by atoms with Crippen molar-refractivity contribution in [3.8, 4) is 11.8 Å². The van der Waals surface area contributed by atoms with Crippen LogP contribution in [0.2, 0.25) is 0 Å². The molecule has 0 radical (unpaired) electrons. The Labute approximate surface area is 124 Å². The van der Waals surface area contributed by atoms with Gasteiger partial charge in [-0.25, -0.2) is 14.8 Å². The van der Waals surface area contributed by atoms with Crippen molar-refractivity contribution in [2.24, 2.45) is 0 Å². The van der Waals surface area contributed by atoms with E-state index in [1.165, 1.54) is 6.07 Å². The molecule has 2 rings (SSSR count). The minimum atomic E-state index is -1.07. The summed E-state index contributed by atoms with van der Waals surface area (Å²) in [7, 11) is 0. The van der Waals surface area contributed by atoms with E-state index < -0.39 is 5.97 Å². The number of hydrogen-bond donors (Lipinski definition) is 1. The number of carboxylic acids is 1.